The summed E-state index contributed by atoms with van der Waals surface area (Å²) in [6.07, 6.45) is 2.02. The van der Waals surface area contributed by atoms with E-state index >= 15 is 0 Å². The lowest BCUT2D eigenvalue weighted by atomic mass is 10.1. The van der Waals surface area contributed by atoms with E-state index in [1.165, 1.54) is 16.8 Å². The molecule has 0 spiro atoms. The minimum Gasteiger partial charge on any atom is -0.367 e. The molecule has 2 aromatic rings. The van der Waals surface area contributed by atoms with E-state index in [9.17, 15) is 4.79 Å². The van der Waals surface area contributed by atoms with E-state index in [2.05, 4.69) is 35.2 Å². The number of anilines is 1. The lowest BCUT2D eigenvalue weighted by Crippen LogP contribution is -2.19. The summed E-state index contributed by atoms with van der Waals surface area (Å²) in [4.78, 5) is 13.2. The molecule has 2 heteroatoms. The van der Waals surface area contributed by atoms with Gasteiger partial charge >= 0.3 is 0 Å². The van der Waals surface area contributed by atoms with Crippen LogP contribution in [0.15, 0.2) is 48.5 Å². The van der Waals surface area contributed by atoms with Gasteiger partial charge in [-0.1, -0.05) is 36.4 Å². The summed E-state index contributed by atoms with van der Waals surface area (Å²) in [5, 5.41) is 0. The molecule has 0 aromatic heterocycles. The van der Waals surface area contributed by atoms with Crippen molar-refractivity contribution in [3.05, 3.63) is 65.2 Å². The standard InChI is InChI=1S/C16H15NO/c18-12-14-5-3-4-13(10-14)11-17-9-8-15-6-1-2-7-16(15)17/h1-7,10,12H,8-9,11H2. The van der Waals surface area contributed by atoms with E-state index in [4.69, 9.17) is 0 Å². The minimum atomic E-state index is 0.750. The normalized spacial score (nSPS) is 13.4. The van der Waals surface area contributed by atoms with Gasteiger partial charge in [-0.05, 0) is 29.7 Å². The van der Waals surface area contributed by atoms with Crippen LogP contribution in [0, 0.1) is 0 Å². The fourth-order valence-corrected chi connectivity index (χ4v) is 2.56. The van der Waals surface area contributed by atoms with Crippen molar-refractivity contribution in [2.24, 2.45) is 0 Å². The summed E-state index contributed by atoms with van der Waals surface area (Å²) in [5.74, 6) is 0. The van der Waals surface area contributed by atoms with E-state index < -0.39 is 0 Å². The topological polar surface area (TPSA) is 20.3 Å². The van der Waals surface area contributed by atoms with Gasteiger partial charge in [0, 0.05) is 24.3 Å². The second kappa shape index (κ2) is 4.65. The average molecular weight is 237 g/mol. The van der Waals surface area contributed by atoms with E-state index in [1.807, 2.05) is 18.2 Å². The second-order valence-corrected chi connectivity index (χ2v) is 4.66. The number of nitrogens with zero attached hydrogens (tertiary/aromatic N) is 1. The Balaban J connectivity index is 1.84. The van der Waals surface area contributed by atoms with Crippen molar-refractivity contribution in [3.63, 3.8) is 0 Å². The van der Waals surface area contributed by atoms with Crippen molar-refractivity contribution in [2.75, 3.05) is 11.4 Å². The highest BCUT2D eigenvalue weighted by atomic mass is 16.1. The average Bonchev–Trinajstić information content (AvgIpc) is 2.83. The SMILES string of the molecule is O=Cc1cccc(CN2CCc3ccccc32)c1. The van der Waals surface area contributed by atoms with Gasteiger partial charge in [-0.2, -0.15) is 0 Å². The van der Waals surface area contributed by atoms with Crippen molar-refractivity contribution in [2.45, 2.75) is 13.0 Å². The molecule has 0 amide bonds. The van der Waals surface area contributed by atoms with Gasteiger partial charge in [0.15, 0.2) is 0 Å². The Labute approximate surface area is 107 Å². The predicted octanol–water partition coefficient (Wildman–Crippen LogP) is 3.06. The van der Waals surface area contributed by atoms with Gasteiger partial charge < -0.3 is 4.90 Å². The molecule has 2 nitrogen and oxygen atoms in total. The lowest BCUT2D eigenvalue weighted by Gasteiger charge is -2.19. The Bertz CT molecular complexity index is 577. The Hall–Kier alpha value is -2.09. The summed E-state index contributed by atoms with van der Waals surface area (Å²) < 4.78 is 0. The van der Waals surface area contributed by atoms with Crippen LogP contribution in [0.5, 0.6) is 0 Å². The number of benzene rings is 2. The van der Waals surface area contributed by atoms with Crippen LogP contribution in [0.25, 0.3) is 0 Å². The number of carbonyl (C=O) groups is 1. The zero-order valence-electron chi connectivity index (χ0n) is 10.2. The molecule has 3 rings (SSSR count). The Morgan fingerprint density at radius 2 is 2.00 bits per heavy atom. The number of rotatable bonds is 3. The Morgan fingerprint density at radius 3 is 2.89 bits per heavy atom. The minimum absolute atomic E-state index is 0.750. The molecule has 0 fully saturated rings. The summed E-state index contributed by atoms with van der Waals surface area (Å²) in [6.45, 7) is 1.93. The first-order valence-electron chi connectivity index (χ1n) is 6.24. The monoisotopic (exact) mass is 237 g/mol. The Morgan fingerprint density at radius 1 is 1.11 bits per heavy atom. The molecule has 0 N–H and O–H groups in total. The van der Waals surface area contributed by atoms with Gasteiger partial charge in [0.2, 0.25) is 0 Å². The van der Waals surface area contributed by atoms with Crippen LogP contribution in [0.1, 0.15) is 21.5 Å². The highest BCUT2D eigenvalue weighted by Gasteiger charge is 2.17. The zero-order valence-corrected chi connectivity index (χ0v) is 10.2. The molecule has 0 aliphatic carbocycles. The number of aldehydes is 1. The molecular weight excluding hydrogens is 222 g/mol. The van der Waals surface area contributed by atoms with E-state index in [-0.39, 0.29) is 0 Å². The van der Waals surface area contributed by atoms with Crippen LogP contribution in [-0.2, 0) is 13.0 Å². The van der Waals surface area contributed by atoms with E-state index in [1.54, 1.807) is 0 Å². The van der Waals surface area contributed by atoms with Gasteiger partial charge in [0.25, 0.3) is 0 Å². The van der Waals surface area contributed by atoms with Crippen molar-refractivity contribution >= 4 is 12.0 Å². The van der Waals surface area contributed by atoms with Crippen LogP contribution >= 0.6 is 0 Å². The maximum Gasteiger partial charge on any atom is 0.150 e. The Kier molecular flexibility index (Phi) is 2.85. The van der Waals surface area contributed by atoms with Gasteiger partial charge in [-0.3, -0.25) is 4.79 Å². The highest BCUT2D eigenvalue weighted by Crippen LogP contribution is 2.28. The fourth-order valence-electron chi connectivity index (χ4n) is 2.56. The maximum absolute atomic E-state index is 10.8. The third kappa shape index (κ3) is 2.02. The number of carbonyl (C=O) groups excluding carboxylic acids is 1. The van der Waals surface area contributed by atoms with Gasteiger partial charge in [-0.25, -0.2) is 0 Å². The van der Waals surface area contributed by atoms with Gasteiger partial charge in [0.05, 0.1) is 0 Å². The fraction of sp³-hybridized carbons (Fsp3) is 0.188. The first-order valence-corrected chi connectivity index (χ1v) is 6.24. The molecule has 0 saturated heterocycles. The van der Waals surface area contributed by atoms with Crippen LogP contribution in [0.4, 0.5) is 5.69 Å². The van der Waals surface area contributed by atoms with Crippen LogP contribution in [0.2, 0.25) is 0 Å². The summed E-state index contributed by atoms with van der Waals surface area (Å²) in [6, 6.07) is 16.4. The van der Waals surface area contributed by atoms with Gasteiger partial charge in [0.1, 0.15) is 6.29 Å². The highest BCUT2D eigenvalue weighted by molar-refractivity contribution is 5.75. The van der Waals surface area contributed by atoms with Crippen LogP contribution in [0.3, 0.4) is 0 Å². The molecule has 0 bridgehead atoms. The third-order valence-electron chi connectivity index (χ3n) is 3.44. The number of hydrogen-bond donors (Lipinski definition) is 0. The summed E-state index contributed by atoms with van der Waals surface area (Å²) in [5.41, 5.74) is 4.69. The molecular formula is C16H15NO. The number of para-hydroxylation sites is 1. The molecule has 2 aromatic carbocycles. The van der Waals surface area contributed by atoms with Crippen molar-refractivity contribution in [1.29, 1.82) is 0 Å². The zero-order chi connectivity index (χ0) is 12.4. The van der Waals surface area contributed by atoms with Crippen LogP contribution < -0.4 is 4.90 Å². The van der Waals surface area contributed by atoms with Crippen molar-refractivity contribution < 1.29 is 4.79 Å². The molecule has 1 aliphatic rings. The summed E-state index contributed by atoms with van der Waals surface area (Å²) in [7, 11) is 0. The molecule has 1 aliphatic heterocycles. The smallest absolute Gasteiger partial charge is 0.150 e. The maximum atomic E-state index is 10.8. The molecule has 0 atom stereocenters. The van der Waals surface area contributed by atoms with Crippen LogP contribution in [-0.4, -0.2) is 12.8 Å². The number of hydrogen-bond acceptors (Lipinski definition) is 2. The summed E-state index contributed by atoms with van der Waals surface area (Å²) >= 11 is 0. The van der Waals surface area contributed by atoms with Crippen molar-refractivity contribution in [3.8, 4) is 0 Å². The largest absolute Gasteiger partial charge is 0.367 e. The second-order valence-electron chi connectivity index (χ2n) is 4.66. The lowest BCUT2D eigenvalue weighted by molar-refractivity contribution is 0.112. The molecule has 0 radical (unpaired) electrons. The van der Waals surface area contributed by atoms with Crippen molar-refractivity contribution in [1.82, 2.24) is 0 Å². The predicted molar refractivity (Wildman–Crippen MR) is 73.0 cm³/mol. The number of fused-ring (bicyclic) bond motifs is 1. The molecule has 18 heavy (non-hydrogen) atoms. The molecule has 1 heterocycles. The molecule has 0 unspecified atom stereocenters. The van der Waals surface area contributed by atoms with Gasteiger partial charge in [-0.15, -0.1) is 0 Å². The third-order valence-corrected chi connectivity index (χ3v) is 3.44. The molecule has 90 valence electrons. The molecule has 0 saturated carbocycles. The quantitative estimate of drug-likeness (QED) is 0.765. The first kappa shape index (κ1) is 11.0. The van der Waals surface area contributed by atoms with E-state index in [0.717, 1.165) is 31.4 Å². The first-order chi connectivity index (χ1) is 8.86. The van der Waals surface area contributed by atoms with E-state index in [0.29, 0.717) is 0 Å².